The van der Waals surface area contributed by atoms with Crippen molar-refractivity contribution < 1.29 is 18.0 Å². The van der Waals surface area contributed by atoms with E-state index in [1.165, 1.54) is 12.2 Å². The van der Waals surface area contributed by atoms with E-state index in [4.69, 9.17) is 0 Å². The van der Waals surface area contributed by atoms with Gasteiger partial charge in [0.2, 0.25) is 0 Å². The molecular weight excluding hydrogens is 223 g/mol. The van der Waals surface area contributed by atoms with Crippen LogP contribution >= 0.6 is 0 Å². The molecule has 0 radical (unpaired) electrons. The lowest BCUT2D eigenvalue weighted by molar-refractivity contribution is -0.137. The molecule has 1 aromatic rings. The third kappa shape index (κ3) is 3.08. The van der Waals surface area contributed by atoms with Gasteiger partial charge >= 0.3 is 6.18 Å². The van der Waals surface area contributed by atoms with Gasteiger partial charge in [0.1, 0.15) is 6.29 Å². The number of pyridine rings is 1. The lowest BCUT2D eigenvalue weighted by Crippen LogP contribution is -2.14. The molecule has 1 rings (SSSR count). The molecule has 0 spiro atoms. The smallest absolute Gasteiger partial charge is 0.328 e. The first kappa shape index (κ1) is 12.2. The van der Waals surface area contributed by atoms with Crippen LogP contribution in [0.15, 0.2) is 23.1 Å². The number of H-pyrrole nitrogens is 1. The van der Waals surface area contributed by atoms with E-state index in [2.05, 4.69) is 0 Å². The number of hydrogen-bond acceptors (Lipinski definition) is 2. The van der Waals surface area contributed by atoms with Crippen molar-refractivity contribution in [3.05, 3.63) is 39.8 Å². The number of carbonyl (C=O) groups excluding carboxylic acids is 1. The highest BCUT2D eigenvalue weighted by molar-refractivity contribution is 5.57. The van der Waals surface area contributed by atoms with Crippen LogP contribution in [-0.2, 0) is 11.0 Å². The van der Waals surface area contributed by atoms with Crippen molar-refractivity contribution in [1.29, 1.82) is 0 Å². The number of hydrogen-bond donors (Lipinski definition) is 1. The van der Waals surface area contributed by atoms with E-state index in [1.807, 2.05) is 4.98 Å². The van der Waals surface area contributed by atoms with E-state index in [1.54, 1.807) is 0 Å². The van der Waals surface area contributed by atoms with Crippen molar-refractivity contribution in [3.8, 4) is 0 Å². The summed E-state index contributed by atoms with van der Waals surface area (Å²) in [4.78, 5) is 23.1. The number of carbonyl (C=O) groups is 1. The average Bonchev–Trinajstić information content (AvgIpc) is 2.19. The zero-order valence-electron chi connectivity index (χ0n) is 8.04. The molecular formula is C10H8F3NO2. The summed E-state index contributed by atoms with van der Waals surface area (Å²) in [6, 6.07) is 0.736. The molecule has 16 heavy (non-hydrogen) atoms. The van der Waals surface area contributed by atoms with Crippen molar-refractivity contribution in [2.24, 2.45) is 0 Å². The molecule has 0 bridgehead atoms. The maximum absolute atomic E-state index is 12.3. The molecule has 0 aliphatic rings. The fraction of sp³-hybridized carbons (Fsp3) is 0.200. The number of aromatic nitrogens is 1. The van der Waals surface area contributed by atoms with Crippen LogP contribution < -0.4 is 5.56 Å². The third-order valence-electron chi connectivity index (χ3n) is 1.79. The van der Waals surface area contributed by atoms with Gasteiger partial charge in [0.05, 0.1) is 5.56 Å². The summed E-state index contributed by atoms with van der Waals surface area (Å²) in [5, 5.41) is 0. The second kappa shape index (κ2) is 4.78. The van der Waals surface area contributed by atoms with E-state index >= 15 is 0 Å². The molecule has 1 heterocycles. The van der Waals surface area contributed by atoms with Crippen LogP contribution in [0.25, 0.3) is 6.08 Å². The minimum atomic E-state index is -4.50. The summed E-state index contributed by atoms with van der Waals surface area (Å²) in [5.41, 5.74) is -1.69. The topological polar surface area (TPSA) is 49.9 Å². The van der Waals surface area contributed by atoms with Crippen LogP contribution in [0.4, 0.5) is 13.2 Å². The number of rotatable bonds is 3. The van der Waals surface area contributed by atoms with Gasteiger partial charge in [0.15, 0.2) is 0 Å². The van der Waals surface area contributed by atoms with Crippen LogP contribution in [0.5, 0.6) is 0 Å². The zero-order chi connectivity index (χ0) is 12.2. The van der Waals surface area contributed by atoms with Gasteiger partial charge in [0.25, 0.3) is 5.56 Å². The highest BCUT2D eigenvalue weighted by Crippen LogP contribution is 2.28. The molecule has 0 aliphatic carbocycles. The Labute approximate surface area is 88.6 Å². The molecule has 0 atom stereocenters. The number of alkyl halides is 3. The molecule has 0 saturated heterocycles. The van der Waals surface area contributed by atoms with Crippen LogP contribution in [0.3, 0.4) is 0 Å². The SMILES string of the molecule is O=CCC=Cc1cc(C(F)(F)F)c[nH]c1=O. The molecule has 0 fully saturated rings. The van der Waals surface area contributed by atoms with Crippen LogP contribution in [-0.4, -0.2) is 11.3 Å². The van der Waals surface area contributed by atoms with Gasteiger partial charge in [0, 0.05) is 18.2 Å². The van der Waals surface area contributed by atoms with Crippen molar-refractivity contribution in [2.75, 3.05) is 0 Å². The van der Waals surface area contributed by atoms with E-state index in [9.17, 15) is 22.8 Å². The molecule has 0 aliphatic heterocycles. The fourth-order valence-corrected chi connectivity index (χ4v) is 1.04. The first-order valence-corrected chi connectivity index (χ1v) is 4.35. The molecule has 1 N–H and O–H groups in total. The van der Waals surface area contributed by atoms with Crippen molar-refractivity contribution in [3.63, 3.8) is 0 Å². The van der Waals surface area contributed by atoms with Gasteiger partial charge in [-0.1, -0.05) is 12.2 Å². The van der Waals surface area contributed by atoms with Gasteiger partial charge in [-0.2, -0.15) is 13.2 Å². The highest BCUT2D eigenvalue weighted by atomic mass is 19.4. The summed E-state index contributed by atoms with van der Waals surface area (Å²) in [5.74, 6) is 0. The first-order chi connectivity index (χ1) is 7.45. The monoisotopic (exact) mass is 231 g/mol. The lowest BCUT2D eigenvalue weighted by Gasteiger charge is -2.05. The molecule has 0 unspecified atom stereocenters. The van der Waals surface area contributed by atoms with E-state index in [0.717, 1.165) is 6.07 Å². The number of aromatic amines is 1. The van der Waals surface area contributed by atoms with Gasteiger partial charge in [-0.25, -0.2) is 0 Å². The number of nitrogens with one attached hydrogen (secondary N) is 1. The van der Waals surface area contributed by atoms with E-state index in [-0.39, 0.29) is 12.0 Å². The van der Waals surface area contributed by atoms with Gasteiger partial charge < -0.3 is 9.78 Å². The molecule has 86 valence electrons. The summed E-state index contributed by atoms with van der Waals surface area (Å²) >= 11 is 0. The molecule has 6 heteroatoms. The normalized spacial score (nSPS) is 11.9. The standard InChI is InChI=1S/C10H8F3NO2/c11-10(12,13)8-5-7(3-1-2-4-15)9(16)14-6-8/h1,3-6H,2H2,(H,14,16). The maximum atomic E-state index is 12.3. The van der Waals surface area contributed by atoms with Crippen LogP contribution in [0.2, 0.25) is 0 Å². The van der Waals surface area contributed by atoms with Crippen molar-refractivity contribution >= 4 is 12.4 Å². The summed E-state index contributed by atoms with van der Waals surface area (Å²) in [6.07, 6.45) is -0.759. The van der Waals surface area contributed by atoms with E-state index in [0.29, 0.717) is 12.5 Å². The quantitative estimate of drug-likeness (QED) is 0.809. The number of halogens is 3. The predicted molar refractivity (Wildman–Crippen MR) is 51.8 cm³/mol. The molecule has 0 amide bonds. The van der Waals surface area contributed by atoms with Gasteiger partial charge in [-0.05, 0) is 6.07 Å². The van der Waals surface area contributed by atoms with Crippen LogP contribution in [0.1, 0.15) is 17.5 Å². The Hall–Kier alpha value is -1.85. The Morgan fingerprint density at radius 1 is 1.38 bits per heavy atom. The molecule has 0 saturated carbocycles. The number of allylic oxidation sites excluding steroid dienone is 1. The van der Waals surface area contributed by atoms with Gasteiger partial charge in [-0.15, -0.1) is 0 Å². The highest BCUT2D eigenvalue weighted by Gasteiger charge is 2.31. The fourth-order valence-electron chi connectivity index (χ4n) is 1.04. The Morgan fingerprint density at radius 3 is 2.62 bits per heavy atom. The molecule has 1 aromatic heterocycles. The van der Waals surface area contributed by atoms with Crippen molar-refractivity contribution in [2.45, 2.75) is 12.6 Å². The van der Waals surface area contributed by atoms with Gasteiger partial charge in [-0.3, -0.25) is 4.79 Å². The van der Waals surface area contributed by atoms with E-state index < -0.39 is 17.3 Å². The summed E-state index contributed by atoms with van der Waals surface area (Å²) < 4.78 is 36.9. The average molecular weight is 231 g/mol. The second-order valence-corrected chi connectivity index (χ2v) is 2.98. The minimum Gasteiger partial charge on any atom is -0.328 e. The Balaban J connectivity index is 3.09. The van der Waals surface area contributed by atoms with Crippen LogP contribution in [0, 0.1) is 0 Å². The number of aldehydes is 1. The largest absolute Gasteiger partial charge is 0.417 e. The minimum absolute atomic E-state index is 0.0513. The first-order valence-electron chi connectivity index (χ1n) is 4.35. The van der Waals surface area contributed by atoms with Crippen molar-refractivity contribution in [1.82, 2.24) is 4.98 Å². The Bertz CT molecular complexity index is 460. The Morgan fingerprint density at radius 2 is 2.06 bits per heavy atom. The summed E-state index contributed by atoms with van der Waals surface area (Å²) in [6.45, 7) is 0. The second-order valence-electron chi connectivity index (χ2n) is 2.98. The third-order valence-corrected chi connectivity index (χ3v) is 1.79. The maximum Gasteiger partial charge on any atom is 0.417 e. The Kier molecular flexibility index (Phi) is 3.65. The zero-order valence-corrected chi connectivity index (χ0v) is 8.04. The lowest BCUT2D eigenvalue weighted by atomic mass is 10.2. The molecule has 3 nitrogen and oxygen atoms in total. The summed E-state index contributed by atoms with van der Waals surface area (Å²) in [7, 11) is 0. The molecule has 0 aromatic carbocycles. The predicted octanol–water partition coefficient (Wildman–Crippen LogP) is 2.00.